The smallest absolute Gasteiger partial charge is 0.245 e. The Kier molecular flexibility index (Phi) is 4.99. The van der Waals surface area contributed by atoms with Crippen molar-refractivity contribution >= 4 is 21.6 Å². The molecule has 0 fully saturated rings. The Bertz CT molecular complexity index is 567. The van der Waals surface area contributed by atoms with Crippen LogP contribution in [0.3, 0.4) is 0 Å². The van der Waals surface area contributed by atoms with Crippen LogP contribution in [0.1, 0.15) is 6.92 Å². The highest BCUT2D eigenvalue weighted by Crippen LogP contribution is 2.24. The lowest BCUT2D eigenvalue weighted by atomic mass is 10.2. The molecule has 1 rings (SSSR count). The SMILES string of the molecule is COc1ccc(N([C@H](C)C(=O)N(C)C)S(C)(=O)=O)cc1. The van der Waals surface area contributed by atoms with Crippen molar-refractivity contribution < 1.29 is 17.9 Å². The van der Waals surface area contributed by atoms with Crippen molar-refractivity contribution in [2.24, 2.45) is 0 Å². The number of amides is 1. The maximum absolute atomic E-state index is 12.0. The number of anilines is 1. The molecule has 0 aliphatic heterocycles. The van der Waals surface area contributed by atoms with Crippen LogP contribution < -0.4 is 9.04 Å². The molecule has 0 N–H and O–H groups in total. The van der Waals surface area contributed by atoms with Crippen LogP contribution in [-0.4, -0.2) is 52.7 Å². The lowest BCUT2D eigenvalue weighted by Crippen LogP contribution is -2.47. The van der Waals surface area contributed by atoms with Gasteiger partial charge in [0.1, 0.15) is 11.8 Å². The molecule has 6 nitrogen and oxygen atoms in total. The molecule has 0 aromatic heterocycles. The van der Waals surface area contributed by atoms with E-state index in [1.54, 1.807) is 45.3 Å². The molecular formula is C13H20N2O4S. The van der Waals surface area contributed by atoms with E-state index in [4.69, 9.17) is 4.74 Å². The lowest BCUT2D eigenvalue weighted by molar-refractivity contribution is -0.129. The highest BCUT2D eigenvalue weighted by molar-refractivity contribution is 7.92. The number of methoxy groups -OCH3 is 1. The second-order valence-corrected chi connectivity index (χ2v) is 6.52. The number of hydrogen-bond acceptors (Lipinski definition) is 4. The van der Waals surface area contributed by atoms with Gasteiger partial charge in [-0.25, -0.2) is 8.42 Å². The van der Waals surface area contributed by atoms with E-state index in [2.05, 4.69) is 0 Å². The quantitative estimate of drug-likeness (QED) is 0.811. The average molecular weight is 300 g/mol. The van der Waals surface area contributed by atoms with E-state index in [9.17, 15) is 13.2 Å². The molecule has 0 saturated carbocycles. The zero-order chi connectivity index (χ0) is 15.5. The van der Waals surface area contributed by atoms with E-state index in [-0.39, 0.29) is 5.91 Å². The third-order valence-corrected chi connectivity index (χ3v) is 4.08. The van der Waals surface area contributed by atoms with Gasteiger partial charge in [-0.1, -0.05) is 0 Å². The maximum atomic E-state index is 12.0. The number of carbonyl (C=O) groups is 1. The molecule has 112 valence electrons. The van der Waals surface area contributed by atoms with Gasteiger partial charge in [0, 0.05) is 14.1 Å². The molecule has 0 heterocycles. The first kappa shape index (κ1) is 16.3. The highest BCUT2D eigenvalue weighted by atomic mass is 32.2. The van der Waals surface area contributed by atoms with Gasteiger partial charge >= 0.3 is 0 Å². The summed E-state index contributed by atoms with van der Waals surface area (Å²) in [6.45, 7) is 1.56. The number of ether oxygens (including phenoxy) is 1. The summed E-state index contributed by atoms with van der Waals surface area (Å²) >= 11 is 0. The second kappa shape index (κ2) is 6.13. The topological polar surface area (TPSA) is 66.9 Å². The van der Waals surface area contributed by atoms with Crippen LogP contribution in [0, 0.1) is 0 Å². The minimum atomic E-state index is -3.57. The molecular weight excluding hydrogens is 280 g/mol. The standard InChI is InChI=1S/C13H20N2O4S/c1-10(13(16)14(2)3)15(20(5,17)18)11-6-8-12(19-4)9-7-11/h6-10H,1-5H3/t10-/m1/s1. The molecule has 1 aromatic rings. The predicted molar refractivity (Wildman–Crippen MR) is 78.5 cm³/mol. The fourth-order valence-corrected chi connectivity index (χ4v) is 3.07. The predicted octanol–water partition coefficient (Wildman–Crippen LogP) is 0.938. The molecule has 0 aliphatic carbocycles. The summed E-state index contributed by atoms with van der Waals surface area (Å²) in [5, 5.41) is 0. The minimum absolute atomic E-state index is 0.286. The van der Waals surface area contributed by atoms with Crippen molar-refractivity contribution in [3.05, 3.63) is 24.3 Å². The maximum Gasteiger partial charge on any atom is 0.245 e. The molecule has 1 amide bonds. The van der Waals surface area contributed by atoms with Gasteiger partial charge in [0.15, 0.2) is 0 Å². The Labute approximate surface area is 120 Å². The second-order valence-electron chi connectivity index (χ2n) is 4.67. The fraction of sp³-hybridized carbons (Fsp3) is 0.462. The number of rotatable bonds is 5. The van der Waals surface area contributed by atoms with E-state index >= 15 is 0 Å². The fourth-order valence-electron chi connectivity index (χ4n) is 1.91. The van der Waals surface area contributed by atoms with E-state index in [0.29, 0.717) is 11.4 Å². The van der Waals surface area contributed by atoms with Crippen LogP contribution in [-0.2, 0) is 14.8 Å². The summed E-state index contributed by atoms with van der Waals surface area (Å²) in [4.78, 5) is 13.4. The van der Waals surface area contributed by atoms with Crippen LogP contribution in [0.4, 0.5) is 5.69 Å². The Morgan fingerprint density at radius 2 is 1.70 bits per heavy atom. The van der Waals surface area contributed by atoms with E-state index in [1.807, 2.05) is 0 Å². The summed E-state index contributed by atoms with van der Waals surface area (Å²) < 4.78 is 30.1. The summed E-state index contributed by atoms with van der Waals surface area (Å²) in [5.41, 5.74) is 0.427. The van der Waals surface area contributed by atoms with Gasteiger partial charge in [0.2, 0.25) is 15.9 Å². The largest absolute Gasteiger partial charge is 0.497 e. The van der Waals surface area contributed by atoms with E-state index < -0.39 is 16.1 Å². The van der Waals surface area contributed by atoms with Gasteiger partial charge < -0.3 is 9.64 Å². The van der Waals surface area contributed by atoms with E-state index in [0.717, 1.165) is 10.6 Å². The lowest BCUT2D eigenvalue weighted by Gasteiger charge is -2.29. The highest BCUT2D eigenvalue weighted by Gasteiger charge is 2.29. The van der Waals surface area contributed by atoms with Crippen molar-refractivity contribution in [2.45, 2.75) is 13.0 Å². The number of sulfonamides is 1. The van der Waals surface area contributed by atoms with Crippen molar-refractivity contribution in [3.8, 4) is 5.75 Å². The summed E-state index contributed by atoms with van der Waals surface area (Å²) in [6, 6.07) is 5.72. The Morgan fingerprint density at radius 3 is 2.05 bits per heavy atom. The first-order chi connectivity index (χ1) is 9.18. The van der Waals surface area contributed by atoms with Crippen molar-refractivity contribution in [1.29, 1.82) is 0 Å². The molecule has 7 heteroatoms. The van der Waals surface area contributed by atoms with Gasteiger partial charge in [0.05, 0.1) is 19.1 Å². The van der Waals surface area contributed by atoms with Gasteiger partial charge in [-0.2, -0.15) is 0 Å². The summed E-state index contributed by atoms with van der Waals surface area (Å²) in [5.74, 6) is 0.333. The number of benzene rings is 1. The van der Waals surface area contributed by atoms with Gasteiger partial charge in [-0.05, 0) is 31.2 Å². The van der Waals surface area contributed by atoms with Crippen molar-refractivity contribution in [2.75, 3.05) is 31.8 Å². The molecule has 0 unspecified atom stereocenters. The monoisotopic (exact) mass is 300 g/mol. The summed E-state index contributed by atoms with van der Waals surface area (Å²) in [7, 11) is 1.14. The Morgan fingerprint density at radius 1 is 1.20 bits per heavy atom. The molecule has 0 aliphatic rings. The van der Waals surface area contributed by atoms with Gasteiger partial charge in [0.25, 0.3) is 0 Å². The zero-order valence-corrected chi connectivity index (χ0v) is 13.1. The summed E-state index contributed by atoms with van der Waals surface area (Å²) in [6.07, 6.45) is 1.08. The number of carbonyl (C=O) groups excluding carboxylic acids is 1. The number of nitrogens with zero attached hydrogens (tertiary/aromatic N) is 2. The molecule has 1 atom stereocenters. The van der Waals surface area contributed by atoms with Crippen LogP contribution in [0.2, 0.25) is 0 Å². The van der Waals surface area contributed by atoms with Crippen LogP contribution in [0.25, 0.3) is 0 Å². The molecule has 0 radical (unpaired) electrons. The van der Waals surface area contributed by atoms with Gasteiger partial charge in [-0.15, -0.1) is 0 Å². The molecule has 0 saturated heterocycles. The molecule has 20 heavy (non-hydrogen) atoms. The van der Waals surface area contributed by atoms with E-state index in [1.165, 1.54) is 12.0 Å². The molecule has 1 aromatic carbocycles. The molecule has 0 bridgehead atoms. The van der Waals surface area contributed by atoms with Gasteiger partial charge in [-0.3, -0.25) is 9.10 Å². The third-order valence-electron chi connectivity index (χ3n) is 2.83. The number of likely N-dealkylation sites (N-methyl/N-ethyl adjacent to an activating group) is 1. The van der Waals surface area contributed by atoms with Crippen molar-refractivity contribution in [3.63, 3.8) is 0 Å². The minimum Gasteiger partial charge on any atom is -0.497 e. The zero-order valence-electron chi connectivity index (χ0n) is 12.3. The van der Waals surface area contributed by atoms with Crippen LogP contribution >= 0.6 is 0 Å². The van der Waals surface area contributed by atoms with Crippen molar-refractivity contribution in [1.82, 2.24) is 4.90 Å². The Hall–Kier alpha value is -1.76. The average Bonchev–Trinajstić information content (AvgIpc) is 2.37. The first-order valence-electron chi connectivity index (χ1n) is 6.03. The third kappa shape index (κ3) is 3.63. The normalized spacial score (nSPS) is 12.7. The Balaban J connectivity index is 3.22. The number of hydrogen-bond donors (Lipinski definition) is 0. The van der Waals surface area contributed by atoms with Crippen LogP contribution in [0.15, 0.2) is 24.3 Å². The first-order valence-corrected chi connectivity index (χ1v) is 7.88. The molecule has 0 spiro atoms. The van der Waals surface area contributed by atoms with Crippen LogP contribution in [0.5, 0.6) is 5.75 Å².